The van der Waals surface area contributed by atoms with Crippen LogP contribution in [0.15, 0.2) is 0 Å². The van der Waals surface area contributed by atoms with E-state index in [4.69, 9.17) is 15.9 Å². The minimum Gasteiger partial charge on any atom is -0.480 e. The van der Waals surface area contributed by atoms with Crippen LogP contribution in [0.3, 0.4) is 0 Å². The third-order valence-corrected chi connectivity index (χ3v) is 2.26. The molecule has 13 heavy (non-hydrogen) atoms. The topological polar surface area (TPSA) is 83.5 Å². The predicted octanol–water partition coefficient (Wildman–Crippen LogP) is 0.379. The van der Waals surface area contributed by atoms with E-state index in [0.29, 0.717) is 19.2 Å². The molecule has 1 atom stereocenters. The van der Waals surface area contributed by atoms with Gasteiger partial charge in [-0.25, -0.2) is 0 Å². The molecule has 0 saturated heterocycles. The van der Waals surface area contributed by atoms with Gasteiger partial charge < -0.3 is 15.9 Å². The quantitative estimate of drug-likeness (QED) is 0.396. The SMILES string of the molecule is CCC(N)(CCCC[B]O)C(=O)O. The maximum atomic E-state index is 10.7. The Morgan fingerprint density at radius 3 is 2.54 bits per heavy atom. The van der Waals surface area contributed by atoms with E-state index >= 15 is 0 Å². The molecule has 0 aromatic rings. The molecule has 0 amide bonds. The number of nitrogens with two attached hydrogens (primary N) is 1. The van der Waals surface area contributed by atoms with Crippen molar-refractivity contribution < 1.29 is 14.9 Å². The first kappa shape index (κ1) is 12.5. The van der Waals surface area contributed by atoms with Crippen LogP contribution >= 0.6 is 0 Å². The van der Waals surface area contributed by atoms with Gasteiger partial charge in [0, 0.05) is 0 Å². The number of carboxylic acids is 1. The van der Waals surface area contributed by atoms with Gasteiger partial charge in [0.1, 0.15) is 5.54 Å². The van der Waals surface area contributed by atoms with Crippen molar-refractivity contribution in [2.75, 3.05) is 0 Å². The van der Waals surface area contributed by atoms with E-state index < -0.39 is 11.5 Å². The number of carboxylic acid groups (broad SMARTS) is 1. The lowest BCUT2D eigenvalue weighted by molar-refractivity contribution is -0.143. The fourth-order valence-corrected chi connectivity index (χ4v) is 1.11. The number of carbonyl (C=O) groups is 1. The van der Waals surface area contributed by atoms with Crippen LogP contribution in [-0.4, -0.2) is 29.1 Å². The van der Waals surface area contributed by atoms with Gasteiger partial charge in [-0.05, 0) is 12.8 Å². The van der Waals surface area contributed by atoms with E-state index in [1.165, 1.54) is 0 Å². The summed E-state index contributed by atoms with van der Waals surface area (Å²) in [6.07, 6.45) is 3.01. The predicted molar refractivity (Wildman–Crippen MR) is 51.5 cm³/mol. The Morgan fingerprint density at radius 1 is 1.54 bits per heavy atom. The first-order chi connectivity index (χ1) is 6.06. The lowest BCUT2D eigenvalue weighted by Crippen LogP contribution is -2.47. The van der Waals surface area contributed by atoms with Gasteiger partial charge in [-0.15, -0.1) is 0 Å². The molecule has 5 heteroatoms. The van der Waals surface area contributed by atoms with Crippen LogP contribution in [0.25, 0.3) is 0 Å². The van der Waals surface area contributed by atoms with Crippen LogP contribution in [-0.2, 0) is 4.79 Å². The Labute approximate surface area is 79.4 Å². The molecular weight excluding hydrogens is 169 g/mol. The zero-order valence-corrected chi connectivity index (χ0v) is 7.99. The maximum absolute atomic E-state index is 10.7. The van der Waals surface area contributed by atoms with Gasteiger partial charge in [-0.2, -0.15) is 0 Å². The zero-order chi connectivity index (χ0) is 10.3. The molecule has 4 nitrogen and oxygen atoms in total. The van der Waals surface area contributed by atoms with Crippen LogP contribution < -0.4 is 5.73 Å². The summed E-state index contributed by atoms with van der Waals surface area (Å²) in [5.41, 5.74) is 4.56. The van der Waals surface area contributed by atoms with Gasteiger partial charge in [0.2, 0.25) is 0 Å². The Bertz CT molecular complexity index is 165. The average molecular weight is 186 g/mol. The molecule has 0 heterocycles. The van der Waals surface area contributed by atoms with Crippen molar-refractivity contribution in [1.82, 2.24) is 0 Å². The molecule has 0 aliphatic carbocycles. The van der Waals surface area contributed by atoms with Gasteiger partial charge in [0.05, 0.1) is 0 Å². The van der Waals surface area contributed by atoms with Crippen LogP contribution in [0.5, 0.6) is 0 Å². The molecule has 0 aromatic carbocycles. The molecule has 1 radical (unpaired) electrons. The summed E-state index contributed by atoms with van der Waals surface area (Å²) < 4.78 is 0. The molecule has 0 aliphatic heterocycles. The molecule has 0 spiro atoms. The normalized spacial score (nSPS) is 15.0. The maximum Gasteiger partial charge on any atom is 0.323 e. The molecule has 0 fully saturated rings. The highest BCUT2D eigenvalue weighted by molar-refractivity contribution is 6.25. The molecule has 0 bridgehead atoms. The molecular formula is C8H17BNO3. The van der Waals surface area contributed by atoms with Crippen molar-refractivity contribution in [3.05, 3.63) is 0 Å². The lowest BCUT2D eigenvalue weighted by Gasteiger charge is -2.22. The summed E-state index contributed by atoms with van der Waals surface area (Å²) >= 11 is 0. The number of rotatable bonds is 7. The number of unbranched alkanes of at least 4 members (excludes halogenated alkanes) is 1. The van der Waals surface area contributed by atoms with Crippen molar-refractivity contribution in [3.8, 4) is 0 Å². The van der Waals surface area contributed by atoms with E-state index in [2.05, 4.69) is 0 Å². The average Bonchev–Trinajstić information content (AvgIpc) is 2.12. The standard InChI is InChI=1S/C8H17BNO3/c1-2-8(10,7(11)12)5-3-4-6-9-13/h13H,2-6,10H2,1H3,(H,11,12). The Hall–Kier alpha value is -0.545. The Morgan fingerprint density at radius 2 is 2.15 bits per heavy atom. The van der Waals surface area contributed by atoms with Crippen LogP contribution in [0, 0.1) is 0 Å². The fourth-order valence-electron chi connectivity index (χ4n) is 1.11. The second-order valence-corrected chi connectivity index (χ2v) is 3.24. The summed E-state index contributed by atoms with van der Waals surface area (Å²) in [5, 5.41) is 17.2. The van der Waals surface area contributed by atoms with Crippen molar-refractivity contribution in [2.45, 2.75) is 44.5 Å². The highest BCUT2D eigenvalue weighted by atomic mass is 16.4. The van der Waals surface area contributed by atoms with Crippen LogP contribution in [0.4, 0.5) is 0 Å². The largest absolute Gasteiger partial charge is 0.480 e. The summed E-state index contributed by atoms with van der Waals surface area (Å²) in [6, 6.07) is 0. The van der Waals surface area contributed by atoms with Crippen molar-refractivity contribution in [3.63, 3.8) is 0 Å². The number of aliphatic carboxylic acids is 1. The van der Waals surface area contributed by atoms with E-state index in [1.54, 1.807) is 6.92 Å². The van der Waals surface area contributed by atoms with E-state index in [-0.39, 0.29) is 0 Å². The first-order valence-electron chi connectivity index (χ1n) is 4.55. The number of hydrogen-bond donors (Lipinski definition) is 3. The summed E-state index contributed by atoms with van der Waals surface area (Å²) in [5.74, 6) is -0.942. The monoisotopic (exact) mass is 186 g/mol. The Kier molecular flexibility index (Phi) is 5.74. The smallest absolute Gasteiger partial charge is 0.323 e. The molecule has 75 valence electrons. The van der Waals surface area contributed by atoms with Crippen LogP contribution in [0.1, 0.15) is 32.6 Å². The molecule has 4 N–H and O–H groups in total. The van der Waals surface area contributed by atoms with E-state index in [1.807, 2.05) is 0 Å². The minimum atomic E-state index is -1.09. The molecule has 1 unspecified atom stereocenters. The second kappa shape index (κ2) is 5.99. The number of hydrogen-bond acceptors (Lipinski definition) is 3. The third-order valence-electron chi connectivity index (χ3n) is 2.26. The second-order valence-electron chi connectivity index (χ2n) is 3.24. The summed E-state index contributed by atoms with van der Waals surface area (Å²) in [4.78, 5) is 10.7. The lowest BCUT2D eigenvalue weighted by atomic mass is 9.87. The highest BCUT2D eigenvalue weighted by Crippen LogP contribution is 2.16. The molecule has 0 saturated carbocycles. The molecule has 0 aliphatic rings. The summed E-state index contributed by atoms with van der Waals surface area (Å²) in [7, 11) is 1.09. The van der Waals surface area contributed by atoms with Gasteiger partial charge in [0.25, 0.3) is 7.48 Å². The van der Waals surface area contributed by atoms with Crippen molar-refractivity contribution in [1.29, 1.82) is 0 Å². The van der Waals surface area contributed by atoms with Crippen molar-refractivity contribution in [2.24, 2.45) is 5.73 Å². The van der Waals surface area contributed by atoms with Gasteiger partial charge >= 0.3 is 5.97 Å². The van der Waals surface area contributed by atoms with Crippen LogP contribution in [0.2, 0.25) is 6.32 Å². The van der Waals surface area contributed by atoms with Gasteiger partial charge in [0.15, 0.2) is 0 Å². The summed E-state index contributed by atoms with van der Waals surface area (Å²) in [6.45, 7) is 1.77. The van der Waals surface area contributed by atoms with Crippen molar-refractivity contribution >= 4 is 13.5 Å². The highest BCUT2D eigenvalue weighted by Gasteiger charge is 2.30. The first-order valence-corrected chi connectivity index (χ1v) is 4.55. The molecule has 0 aromatic heterocycles. The minimum absolute atomic E-state index is 0.436. The Balaban J connectivity index is 3.78. The zero-order valence-electron chi connectivity index (χ0n) is 7.99. The molecule has 0 rings (SSSR count). The fraction of sp³-hybridized carbons (Fsp3) is 0.875. The van der Waals surface area contributed by atoms with E-state index in [0.717, 1.165) is 20.3 Å². The van der Waals surface area contributed by atoms with Gasteiger partial charge in [-0.3, -0.25) is 4.79 Å². The van der Waals surface area contributed by atoms with E-state index in [9.17, 15) is 4.79 Å². The van der Waals surface area contributed by atoms with Gasteiger partial charge in [-0.1, -0.05) is 26.1 Å². The third kappa shape index (κ3) is 4.29.